The number of thiophene rings is 1. The molecule has 0 atom stereocenters. The van der Waals surface area contributed by atoms with Crippen LogP contribution in [0.2, 0.25) is 0 Å². The highest BCUT2D eigenvalue weighted by Gasteiger charge is 2.14. The topological polar surface area (TPSA) is 51.6 Å². The maximum Gasteiger partial charge on any atom is 0.164 e. The van der Waals surface area contributed by atoms with Crippen LogP contribution in [0.5, 0.6) is 0 Å². The molecule has 41 heavy (non-hydrogen) atoms. The predicted molar refractivity (Wildman–Crippen MR) is 170 cm³/mol. The van der Waals surface area contributed by atoms with Crippen LogP contribution in [-0.2, 0) is 0 Å². The van der Waals surface area contributed by atoms with E-state index in [0.29, 0.717) is 17.5 Å². The molecule has 3 aromatic heterocycles. The van der Waals surface area contributed by atoms with Gasteiger partial charge in [0.25, 0.3) is 0 Å². The van der Waals surface area contributed by atoms with E-state index in [1.54, 1.807) is 11.3 Å². The number of nitrogens with zero attached hydrogens (tertiary/aromatic N) is 4. The summed E-state index contributed by atoms with van der Waals surface area (Å²) in [5.74, 6) is 1.97. The number of hydrogen-bond acceptors (Lipinski definition) is 5. The summed E-state index contributed by atoms with van der Waals surface area (Å²) in [5.41, 5.74) is 5.00. The molecule has 8 aromatic rings. The number of fused-ring (bicyclic) bond motifs is 4. The van der Waals surface area contributed by atoms with Crippen molar-refractivity contribution in [1.82, 2.24) is 19.9 Å². The van der Waals surface area contributed by atoms with Gasteiger partial charge in [-0.15, -0.1) is 11.3 Å². The molecule has 5 aromatic carbocycles. The first-order chi connectivity index (χ1) is 20.3. The van der Waals surface area contributed by atoms with E-state index >= 15 is 0 Å². The van der Waals surface area contributed by atoms with E-state index in [2.05, 4.69) is 66.7 Å². The zero-order valence-electron chi connectivity index (χ0n) is 21.9. The highest BCUT2D eigenvalue weighted by atomic mass is 32.1. The third-order valence-corrected chi connectivity index (χ3v) is 8.56. The lowest BCUT2D eigenvalue weighted by molar-refractivity contribution is 1.07. The van der Waals surface area contributed by atoms with Crippen LogP contribution in [0.3, 0.4) is 0 Å². The zero-order chi connectivity index (χ0) is 27.2. The standard InChI is InChI=1S/C36H22N4S/c1-3-9-23(10-4-1)34-38-35(24-11-5-2-6-12-24)40-36(39-34)28-18-16-25-21-27(17-15-26(25)22-28)32-33-30(19-20-37-32)29-13-7-8-14-31(29)41-33/h1-22H. The van der Waals surface area contributed by atoms with Crippen LogP contribution in [-0.4, -0.2) is 19.9 Å². The fourth-order valence-electron chi connectivity index (χ4n) is 5.33. The van der Waals surface area contributed by atoms with Gasteiger partial charge in [-0.3, -0.25) is 4.98 Å². The molecule has 0 N–H and O–H groups in total. The first kappa shape index (κ1) is 23.6. The summed E-state index contributed by atoms with van der Waals surface area (Å²) in [6, 6.07) is 43.8. The minimum absolute atomic E-state index is 0.653. The van der Waals surface area contributed by atoms with Gasteiger partial charge in [0, 0.05) is 43.9 Å². The average molecular weight is 543 g/mol. The Morgan fingerprint density at radius 2 is 1.00 bits per heavy atom. The Balaban J connectivity index is 1.24. The van der Waals surface area contributed by atoms with Crippen molar-refractivity contribution < 1.29 is 0 Å². The second-order valence-corrected chi connectivity index (χ2v) is 11.0. The Morgan fingerprint density at radius 1 is 0.439 bits per heavy atom. The van der Waals surface area contributed by atoms with Crippen molar-refractivity contribution in [1.29, 1.82) is 0 Å². The van der Waals surface area contributed by atoms with E-state index in [1.807, 2.05) is 66.9 Å². The molecule has 0 aliphatic carbocycles. The fraction of sp³-hybridized carbons (Fsp3) is 0. The summed E-state index contributed by atoms with van der Waals surface area (Å²) in [5, 5.41) is 4.80. The monoisotopic (exact) mass is 542 g/mol. The van der Waals surface area contributed by atoms with Gasteiger partial charge in [-0.25, -0.2) is 15.0 Å². The lowest BCUT2D eigenvalue weighted by Gasteiger charge is -2.10. The van der Waals surface area contributed by atoms with Crippen molar-refractivity contribution in [3.63, 3.8) is 0 Å². The second-order valence-electron chi connectivity index (χ2n) is 9.95. The quantitative estimate of drug-likeness (QED) is 0.222. The van der Waals surface area contributed by atoms with Crippen LogP contribution < -0.4 is 0 Å². The Kier molecular flexibility index (Phi) is 5.61. The van der Waals surface area contributed by atoms with Crippen molar-refractivity contribution in [3.8, 4) is 45.4 Å². The molecule has 0 aliphatic rings. The molecule has 0 spiro atoms. The number of rotatable bonds is 4. The minimum Gasteiger partial charge on any atom is -0.255 e. The van der Waals surface area contributed by atoms with E-state index in [0.717, 1.165) is 38.7 Å². The summed E-state index contributed by atoms with van der Waals surface area (Å²) in [6.45, 7) is 0. The predicted octanol–water partition coefficient (Wildman–Crippen LogP) is 9.46. The van der Waals surface area contributed by atoms with Crippen molar-refractivity contribution in [2.75, 3.05) is 0 Å². The fourth-order valence-corrected chi connectivity index (χ4v) is 6.54. The van der Waals surface area contributed by atoms with E-state index in [-0.39, 0.29) is 0 Å². The first-order valence-corrected chi connectivity index (χ1v) is 14.3. The Morgan fingerprint density at radius 3 is 1.68 bits per heavy atom. The van der Waals surface area contributed by atoms with Crippen LogP contribution in [0.1, 0.15) is 0 Å². The van der Waals surface area contributed by atoms with Crippen molar-refractivity contribution in [2.45, 2.75) is 0 Å². The SMILES string of the molecule is c1ccc(-c2nc(-c3ccccc3)nc(-c3ccc4cc(-c5nccc6c5sc5ccccc56)ccc4c3)n2)cc1. The molecule has 0 saturated heterocycles. The number of benzene rings is 5. The van der Waals surface area contributed by atoms with Gasteiger partial charge in [0.1, 0.15) is 0 Å². The van der Waals surface area contributed by atoms with Crippen molar-refractivity contribution >= 4 is 42.3 Å². The first-order valence-electron chi connectivity index (χ1n) is 13.5. The van der Waals surface area contributed by atoms with Gasteiger partial charge in [0.15, 0.2) is 17.5 Å². The van der Waals surface area contributed by atoms with Gasteiger partial charge in [0.2, 0.25) is 0 Å². The summed E-state index contributed by atoms with van der Waals surface area (Å²) >= 11 is 1.80. The largest absolute Gasteiger partial charge is 0.255 e. The molecule has 0 amide bonds. The second kappa shape index (κ2) is 9.73. The van der Waals surface area contributed by atoms with Crippen molar-refractivity contribution in [3.05, 3.63) is 134 Å². The zero-order valence-corrected chi connectivity index (χ0v) is 22.7. The molecule has 3 heterocycles. The molecule has 0 fully saturated rings. The molecule has 8 rings (SSSR count). The summed E-state index contributed by atoms with van der Waals surface area (Å²) in [6.07, 6.45) is 1.92. The van der Waals surface area contributed by atoms with Gasteiger partial charge in [-0.05, 0) is 35.0 Å². The molecule has 0 bridgehead atoms. The highest BCUT2D eigenvalue weighted by Crippen LogP contribution is 2.39. The lowest BCUT2D eigenvalue weighted by atomic mass is 10.0. The Hall–Kier alpha value is -5.26. The van der Waals surface area contributed by atoms with Gasteiger partial charge >= 0.3 is 0 Å². The van der Waals surface area contributed by atoms with E-state index < -0.39 is 0 Å². The highest BCUT2D eigenvalue weighted by molar-refractivity contribution is 7.26. The van der Waals surface area contributed by atoms with Crippen LogP contribution in [0.15, 0.2) is 134 Å². The third-order valence-electron chi connectivity index (χ3n) is 7.37. The molecular weight excluding hydrogens is 520 g/mol. The maximum atomic E-state index is 4.90. The summed E-state index contributed by atoms with van der Waals surface area (Å²) in [4.78, 5) is 19.4. The maximum absolute atomic E-state index is 4.90. The number of hydrogen-bond donors (Lipinski definition) is 0. The van der Waals surface area contributed by atoms with Gasteiger partial charge < -0.3 is 0 Å². The van der Waals surface area contributed by atoms with E-state index in [4.69, 9.17) is 19.9 Å². The minimum atomic E-state index is 0.653. The van der Waals surface area contributed by atoms with Crippen LogP contribution >= 0.6 is 11.3 Å². The normalized spacial score (nSPS) is 11.4. The molecule has 4 nitrogen and oxygen atoms in total. The molecule has 0 saturated carbocycles. The molecular formula is C36H22N4S. The molecule has 5 heteroatoms. The van der Waals surface area contributed by atoms with Gasteiger partial charge in [-0.1, -0.05) is 103 Å². The Labute approximate surface area is 240 Å². The number of aromatic nitrogens is 4. The van der Waals surface area contributed by atoms with E-state index in [1.165, 1.54) is 20.2 Å². The van der Waals surface area contributed by atoms with Gasteiger partial charge in [0.05, 0.1) is 10.4 Å². The van der Waals surface area contributed by atoms with Crippen LogP contribution in [0, 0.1) is 0 Å². The Bertz CT molecular complexity index is 2150. The average Bonchev–Trinajstić information content (AvgIpc) is 3.44. The molecule has 0 radical (unpaired) electrons. The van der Waals surface area contributed by atoms with Crippen LogP contribution in [0.25, 0.3) is 76.4 Å². The van der Waals surface area contributed by atoms with Crippen molar-refractivity contribution in [2.24, 2.45) is 0 Å². The van der Waals surface area contributed by atoms with E-state index in [9.17, 15) is 0 Å². The smallest absolute Gasteiger partial charge is 0.164 e. The molecule has 0 aliphatic heterocycles. The summed E-state index contributed by atoms with van der Waals surface area (Å²) in [7, 11) is 0. The summed E-state index contributed by atoms with van der Waals surface area (Å²) < 4.78 is 2.50. The molecule has 192 valence electrons. The van der Waals surface area contributed by atoms with Crippen LogP contribution in [0.4, 0.5) is 0 Å². The molecule has 0 unspecified atom stereocenters. The number of pyridine rings is 1. The van der Waals surface area contributed by atoms with Gasteiger partial charge in [-0.2, -0.15) is 0 Å². The third kappa shape index (κ3) is 4.24. The lowest BCUT2D eigenvalue weighted by Crippen LogP contribution is -2.00.